The van der Waals surface area contributed by atoms with E-state index in [1.807, 2.05) is 0 Å². The van der Waals surface area contributed by atoms with Gasteiger partial charge in [-0.25, -0.2) is 4.39 Å². The van der Waals surface area contributed by atoms with Gasteiger partial charge in [-0.1, -0.05) is 0 Å². The van der Waals surface area contributed by atoms with Crippen LogP contribution in [0.5, 0.6) is 0 Å². The predicted octanol–water partition coefficient (Wildman–Crippen LogP) is 3.49. The molecule has 0 radical (unpaired) electrons. The summed E-state index contributed by atoms with van der Waals surface area (Å²) in [7, 11) is 0. The van der Waals surface area contributed by atoms with Crippen LogP contribution >= 0.6 is 0 Å². The average Bonchev–Trinajstić information content (AvgIpc) is 2.09. The molecule has 0 amide bonds. The van der Waals surface area contributed by atoms with Gasteiger partial charge < -0.3 is 4.74 Å². The molecule has 2 unspecified atom stereocenters. The summed E-state index contributed by atoms with van der Waals surface area (Å²) in [4.78, 5) is 0. The molecule has 0 saturated carbocycles. The number of rotatable bonds is 4. The van der Waals surface area contributed by atoms with E-state index < -0.39 is 37.2 Å². The van der Waals surface area contributed by atoms with Crippen molar-refractivity contribution in [3.63, 3.8) is 0 Å². The molecular formula is C7H7F9O. The Morgan fingerprint density at radius 2 is 1.35 bits per heavy atom. The van der Waals surface area contributed by atoms with Crippen molar-refractivity contribution in [1.29, 1.82) is 0 Å². The highest BCUT2D eigenvalue weighted by molar-refractivity contribution is 4.93. The van der Waals surface area contributed by atoms with Gasteiger partial charge in [0, 0.05) is 6.61 Å². The fourth-order valence-electron chi connectivity index (χ4n) is 0.885. The summed E-state index contributed by atoms with van der Waals surface area (Å²) in [5.41, 5.74) is 0. The first kappa shape index (κ1) is 16.3. The monoisotopic (exact) mass is 278 g/mol. The minimum atomic E-state index is -6.33. The van der Waals surface area contributed by atoms with Crippen molar-refractivity contribution in [3.05, 3.63) is 0 Å². The Balaban J connectivity index is 5.24. The number of ether oxygens (including phenoxy) is 1. The summed E-state index contributed by atoms with van der Waals surface area (Å²) in [5.74, 6) is -5.93. The van der Waals surface area contributed by atoms with Crippen molar-refractivity contribution in [1.82, 2.24) is 0 Å². The van der Waals surface area contributed by atoms with Gasteiger partial charge in [-0.3, -0.25) is 0 Å². The fraction of sp³-hybridized carbons (Fsp3) is 1.00. The van der Waals surface area contributed by atoms with Gasteiger partial charge in [-0.15, -0.1) is 0 Å². The maximum absolute atomic E-state index is 12.6. The van der Waals surface area contributed by atoms with Gasteiger partial charge in [0.25, 0.3) is 0 Å². The maximum atomic E-state index is 12.6. The van der Waals surface area contributed by atoms with Crippen LogP contribution in [0.15, 0.2) is 0 Å². The predicted molar refractivity (Wildman–Crippen MR) is 37.4 cm³/mol. The van der Waals surface area contributed by atoms with Gasteiger partial charge in [0.2, 0.25) is 6.17 Å². The van der Waals surface area contributed by atoms with E-state index in [4.69, 9.17) is 0 Å². The van der Waals surface area contributed by atoms with Crippen molar-refractivity contribution in [2.24, 2.45) is 0 Å². The topological polar surface area (TPSA) is 9.23 Å². The smallest absolute Gasteiger partial charge is 0.368 e. The van der Waals surface area contributed by atoms with E-state index in [0.717, 1.165) is 6.92 Å². The molecule has 17 heavy (non-hydrogen) atoms. The molecule has 0 spiro atoms. The molecule has 0 saturated heterocycles. The second-order valence-corrected chi connectivity index (χ2v) is 2.94. The molecule has 0 aromatic carbocycles. The van der Waals surface area contributed by atoms with Crippen LogP contribution in [-0.2, 0) is 4.74 Å². The molecule has 10 heteroatoms. The third kappa shape index (κ3) is 3.65. The molecule has 0 aliphatic carbocycles. The Bertz CT molecular complexity index is 243. The van der Waals surface area contributed by atoms with E-state index in [1.165, 1.54) is 0 Å². The lowest BCUT2D eigenvalue weighted by molar-refractivity contribution is -0.342. The van der Waals surface area contributed by atoms with Gasteiger partial charge in [-0.05, 0) is 6.92 Å². The minimum Gasteiger partial charge on any atom is -0.368 e. The molecular weight excluding hydrogens is 271 g/mol. The summed E-state index contributed by atoms with van der Waals surface area (Å²) in [6, 6.07) is 0. The van der Waals surface area contributed by atoms with E-state index in [9.17, 15) is 39.5 Å². The van der Waals surface area contributed by atoms with Crippen LogP contribution in [0.1, 0.15) is 6.92 Å². The van der Waals surface area contributed by atoms with Crippen molar-refractivity contribution < 1.29 is 44.3 Å². The van der Waals surface area contributed by atoms with Crippen molar-refractivity contribution in [2.45, 2.75) is 37.5 Å². The first-order valence-electron chi connectivity index (χ1n) is 4.12. The van der Waals surface area contributed by atoms with E-state index in [1.54, 1.807) is 0 Å². The summed E-state index contributed by atoms with van der Waals surface area (Å²) in [5, 5.41) is 0. The summed E-state index contributed by atoms with van der Waals surface area (Å²) < 4.78 is 112. The van der Waals surface area contributed by atoms with Crippen LogP contribution in [-0.4, -0.2) is 37.2 Å². The second-order valence-electron chi connectivity index (χ2n) is 2.94. The zero-order valence-electron chi connectivity index (χ0n) is 8.17. The van der Waals surface area contributed by atoms with Gasteiger partial charge in [0.1, 0.15) is 0 Å². The molecule has 0 aliphatic rings. The minimum absolute atomic E-state index is 0.864. The van der Waals surface area contributed by atoms with Crippen LogP contribution in [0.3, 0.4) is 0 Å². The Morgan fingerprint density at radius 1 is 0.941 bits per heavy atom. The van der Waals surface area contributed by atoms with Gasteiger partial charge in [0.15, 0.2) is 6.10 Å². The normalized spacial score (nSPS) is 18.0. The van der Waals surface area contributed by atoms with Crippen LogP contribution in [0.2, 0.25) is 0 Å². The summed E-state index contributed by atoms with van der Waals surface area (Å²) in [6.45, 7) is -0.0601. The maximum Gasteiger partial charge on any atom is 0.456 e. The molecule has 2 atom stereocenters. The molecule has 0 N–H and O–H groups in total. The van der Waals surface area contributed by atoms with E-state index in [-0.39, 0.29) is 0 Å². The largest absolute Gasteiger partial charge is 0.456 e. The van der Waals surface area contributed by atoms with Crippen LogP contribution < -0.4 is 0 Å². The molecule has 0 bridgehead atoms. The highest BCUT2D eigenvalue weighted by Gasteiger charge is 2.68. The van der Waals surface area contributed by atoms with Crippen LogP contribution in [0.4, 0.5) is 39.5 Å². The van der Waals surface area contributed by atoms with Crippen LogP contribution in [0, 0.1) is 0 Å². The quantitative estimate of drug-likeness (QED) is 0.715. The Labute approximate surface area is 89.5 Å². The molecule has 0 aromatic heterocycles. The molecule has 104 valence electrons. The molecule has 0 heterocycles. The Morgan fingerprint density at radius 3 is 1.59 bits per heavy atom. The van der Waals surface area contributed by atoms with Crippen molar-refractivity contribution in [3.8, 4) is 0 Å². The van der Waals surface area contributed by atoms with Crippen LogP contribution in [0.25, 0.3) is 0 Å². The third-order valence-electron chi connectivity index (χ3n) is 1.66. The Hall–Kier alpha value is -0.670. The van der Waals surface area contributed by atoms with Gasteiger partial charge in [0.05, 0.1) is 0 Å². The van der Waals surface area contributed by atoms with Crippen molar-refractivity contribution in [2.75, 3.05) is 6.61 Å². The number of hydrogen-bond acceptors (Lipinski definition) is 1. The molecule has 0 aliphatic heterocycles. The average molecular weight is 278 g/mol. The zero-order valence-corrected chi connectivity index (χ0v) is 8.17. The Kier molecular flexibility index (Phi) is 4.71. The first-order valence-corrected chi connectivity index (χ1v) is 4.12. The molecule has 1 nitrogen and oxygen atoms in total. The van der Waals surface area contributed by atoms with E-state index in [2.05, 4.69) is 4.74 Å². The highest BCUT2D eigenvalue weighted by atomic mass is 19.4. The number of hydrogen-bond donors (Lipinski definition) is 0. The fourth-order valence-corrected chi connectivity index (χ4v) is 0.885. The lowest BCUT2D eigenvalue weighted by Crippen LogP contribution is -2.56. The summed E-state index contributed by atoms with van der Waals surface area (Å²) >= 11 is 0. The molecule has 0 rings (SSSR count). The van der Waals surface area contributed by atoms with Crippen molar-refractivity contribution >= 4 is 0 Å². The lowest BCUT2D eigenvalue weighted by atomic mass is 10.1. The highest BCUT2D eigenvalue weighted by Crippen LogP contribution is 2.43. The third-order valence-corrected chi connectivity index (χ3v) is 1.66. The van der Waals surface area contributed by atoms with Gasteiger partial charge >= 0.3 is 18.3 Å². The van der Waals surface area contributed by atoms with E-state index >= 15 is 0 Å². The number of halogens is 9. The van der Waals surface area contributed by atoms with E-state index in [0.29, 0.717) is 0 Å². The standard InChI is InChI=1S/C7H7F9O/c1-2-17-4(3(8)6(11,12)13)5(9,10)7(14,15)16/h3-4H,2H2,1H3. The number of alkyl halides is 9. The molecule has 0 aromatic rings. The molecule has 0 fully saturated rings. The lowest BCUT2D eigenvalue weighted by Gasteiger charge is -2.31. The summed E-state index contributed by atoms with van der Waals surface area (Å²) in [6.07, 6.45) is -20.6. The zero-order chi connectivity index (χ0) is 14.1. The second kappa shape index (κ2) is 4.91. The van der Waals surface area contributed by atoms with Gasteiger partial charge in [-0.2, -0.15) is 35.1 Å². The first-order chi connectivity index (χ1) is 7.35. The SMILES string of the molecule is CCOC(C(F)C(F)(F)F)C(F)(F)C(F)(F)F.